The Bertz CT molecular complexity index is 747. The molecular weight excluding hydrogens is 266 g/mol. The van der Waals surface area contributed by atoms with Crippen molar-refractivity contribution in [1.82, 2.24) is 4.98 Å². The smallest absolute Gasteiger partial charge is 0.0520 e. The summed E-state index contributed by atoms with van der Waals surface area (Å²) in [5.74, 6) is 0.836. The Kier molecular flexibility index (Phi) is 2.51. The zero-order valence-electron chi connectivity index (χ0n) is 12.4. The molecule has 2 atom stereocenters. The Morgan fingerprint density at radius 2 is 1.23 bits per heavy atom. The van der Waals surface area contributed by atoms with E-state index in [1.165, 1.54) is 33.5 Å². The summed E-state index contributed by atoms with van der Waals surface area (Å²) in [6.07, 6.45) is 4.09. The molecule has 0 saturated carbocycles. The van der Waals surface area contributed by atoms with E-state index in [1.807, 2.05) is 6.20 Å². The Hall–Kier alpha value is -2.41. The number of rotatable bonds is 0. The van der Waals surface area contributed by atoms with Crippen molar-refractivity contribution >= 4 is 0 Å². The van der Waals surface area contributed by atoms with Gasteiger partial charge in [0.1, 0.15) is 0 Å². The summed E-state index contributed by atoms with van der Waals surface area (Å²) >= 11 is 0. The van der Waals surface area contributed by atoms with Gasteiger partial charge in [-0.3, -0.25) is 4.98 Å². The van der Waals surface area contributed by atoms with Gasteiger partial charge in [0.05, 0.1) is 5.69 Å². The van der Waals surface area contributed by atoms with E-state index in [0.29, 0.717) is 11.8 Å². The second-order valence-electron chi connectivity index (χ2n) is 6.39. The lowest BCUT2D eigenvalue weighted by molar-refractivity contribution is 0.636. The molecule has 1 nitrogen and oxygen atoms in total. The predicted molar refractivity (Wildman–Crippen MR) is 88.2 cm³/mol. The first kappa shape index (κ1) is 12.2. The molecule has 0 fully saturated rings. The minimum atomic E-state index is 0.394. The molecule has 0 amide bonds. The van der Waals surface area contributed by atoms with Crippen LogP contribution in [0, 0.1) is 0 Å². The Balaban J connectivity index is 1.81. The molecule has 2 aromatic carbocycles. The van der Waals surface area contributed by atoms with Crippen LogP contribution in [0.25, 0.3) is 0 Å². The molecule has 2 bridgehead atoms. The van der Waals surface area contributed by atoms with E-state index in [1.54, 1.807) is 0 Å². The molecule has 106 valence electrons. The van der Waals surface area contributed by atoms with Crippen molar-refractivity contribution in [3.8, 4) is 0 Å². The number of pyridine rings is 1. The van der Waals surface area contributed by atoms with Crippen LogP contribution in [0.5, 0.6) is 0 Å². The SMILES string of the molecule is c1ccc2c(c1)CC1c3ccccc3C(C2)c2ncccc21. The van der Waals surface area contributed by atoms with E-state index in [4.69, 9.17) is 4.98 Å². The lowest BCUT2D eigenvalue weighted by atomic mass is 9.68. The molecule has 0 radical (unpaired) electrons. The first-order chi connectivity index (χ1) is 10.9. The number of hydrogen-bond donors (Lipinski definition) is 0. The van der Waals surface area contributed by atoms with Crippen molar-refractivity contribution < 1.29 is 0 Å². The van der Waals surface area contributed by atoms with Crippen molar-refractivity contribution in [3.63, 3.8) is 0 Å². The van der Waals surface area contributed by atoms with Gasteiger partial charge < -0.3 is 0 Å². The van der Waals surface area contributed by atoms with Crippen molar-refractivity contribution in [2.24, 2.45) is 0 Å². The Labute approximate surface area is 130 Å². The Morgan fingerprint density at radius 1 is 0.636 bits per heavy atom. The zero-order valence-corrected chi connectivity index (χ0v) is 12.4. The highest BCUT2D eigenvalue weighted by atomic mass is 14.7. The first-order valence-corrected chi connectivity index (χ1v) is 8.02. The van der Waals surface area contributed by atoms with E-state index >= 15 is 0 Å². The zero-order chi connectivity index (χ0) is 14.5. The van der Waals surface area contributed by atoms with Gasteiger partial charge in [0.2, 0.25) is 0 Å². The third-order valence-electron chi connectivity index (χ3n) is 5.29. The predicted octanol–water partition coefficient (Wildman–Crippen LogP) is 4.46. The van der Waals surface area contributed by atoms with Crippen molar-refractivity contribution in [1.29, 1.82) is 0 Å². The van der Waals surface area contributed by atoms with E-state index in [2.05, 4.69) is 60.7 Å². The minimum Gasteiger partial charge on any atom is -0.260 e. The lowest BCUT2D eigenvalue weighted by Gasteiger charge is -2.36. The van der Waals surface area contributed by atoms with Crippen LogP contribution in [0.2, 0.25) is 0 Å². The normalized spacial score (nSPS) is 21.3. The number of benzene rings is 2. The molecule has 3 aromatic rings. The molecule has 1 heteroatoms. The summed E-state index contributed by atoms with van der Waals surface area (Å²) < 4.78 is 0. The van der Waals surface area contributed by atoms with Crippen LogP contribution >= 0.6 is 0 Å². The lowest BCUT2D eigenvalue weighted by Crippen LogP contribution is -2.25. The van der Waals surface area contributed by atoms with Crippen molar-refractivity contribution in [2.75, 3.05) is 0 Å². The largest absolute Gasteiger partial charge is 0.260 e. The van der Waals surface area contributed by atoms with Crippen LogP contribution < -0.4 is 0 Å². The standard InChI is InChI=1S/C21H17N/c1-2-7-15-13-20-17-9-4-3-8-16(17)19(12-14(15)6-1)18-10-5-11-22-21(18)20/h1-11,19-20H,12-13H2. The van der Waals surface area contributed by atoms with Gasteiger partial charge in [0.25, 0.3) is 0 Å². The molecule has 3 aliphatic carbocycles. The van der Waals surface area contributed by atoms with Gasteiger partial charge in [-0.15, -0.1) is 0 Å². The monoisotopic (exact) mass is 283 g/mol. The van der Waals surface area contributed by atoms with Gasteiger partial charge in [-0.25, -0.2) is 0 Å². The molecule has 0 spiro atoms. The van der Waals surface area contributed by atoms with Gasteiger partial charge in [-0.2, -0.15) is 0 Å². The summed E-state index contributed by atoms with van der Waals surface area (Å²) in [6, 6.07) is 22.3. The molecule has 0 aliphatic heterocycles. The van der Waals surface area contributed by atoms with E-state index in [9.17, 15) is 0 Å². The van der Waals surface area contributed by atoms with Gasteiger partial charge in [-0.1, -0.05) is 54.6 Å². The highest BCUT2D eigenvalue weighted by Gasteiger charge is 2.35. The number of nitrogens with zero attached hydrogens (tertiary/aromatic N) is 1. The number of aromatic nitrogens is 1. The molecule has 3 aliphatic rings. The summed E-state index contributed by atoms with van der Waals surface area (Å²) in [7, 11) is 0. The second kappa shape index (κ2) is 4.54. The van der Waals surface area contributed by atoms with E-state index in [-0.39, 0.29) is 0 Å². The summed E-state index contributed by atoms with van der Waals surface area (Å²) in [6.45, 7) is 0. The third-order valence-corrected chi connectivity index (χ3v) is 5.29. The fourth-order valence-corrected chi connectivity index (χ4v) is 4.30. The maximum Gasteiger partial charge on any atom is 0.0520 e. The minimum absolute atomic E-state index is 0.394. The van der Waals surface area contributed by atoms with E-state index < -0.39 is 0 Å². The molecule has 2 unspecified atom stereocenters. The van der Waals surface area contributed by atoms with Crippen LogP contribution in [0.1, 0.15) is 45.3 Å². The third kappa shape index (κ3) is 1.62. The van der Waals surface area contributed by atoms with Gasteiger partial charge in [-0.05, 0) is 46.7 Å². The van der Waals surface area contributed by atoms with Gasteiger partial charge in [0.15, 0.2) is 0 Å². The molecule has 22 heavy (non-hydrogen) atoms. The van der Waals surface area contributed by atoms with E-state index in [0.717, 1.165) is 12.8 Å². The van der Waals surface area contributed by atoms with Crippen molar-refractivity contribution in [2.45, 2.75) is 24.7 Å². The molecule has 6 rings (SSSR count). The van der Waals surface area contributed by atoms with Crippen LogP contribution in [0.3, 0.4) is 0 Å². The van der Waals surface area contributed by atoms with Crippen LogP contribution in [-0.4, -0.2) is 4.98 Å². The highest BCUT2D eigenvalue weighted by molar-refractivity contribution is 5.54. The molecule has 0 saturated heterocycles. The van der Waals surface area contributed by atoms with Gasteiger partial charge >= 0.3 is 0 Å². The Morgan fingerprint density at radius 3 is 2.00 bits per heavy atom. The summed E-state index contributed by atoms with van der Waals surface area (Å²) in [4.78, 5) is 4.78. The van der Waals surface area contributed by atoms with Gasteiger partial charge in [0, 0.05) is 18.0 Å². The number of hydrogen-bond acceptors (Lipinski definition) is 1. The average Bonchev–Trinajstić information content (AvgIpc) is 2.56. The summed E-state index contributed by atoms with van der Waals surface area (Å²) in [5.41, 5.74) is 8.70. The molecule has 1 aromatic heterocycles. The average molecular weight is 283 g/mol. The molecular formula is C21H17N. The fourth-order valence-electron chi connectivity index (χ4n) is 4.30. The first-order valence-electron chi connectivity index (χ1n) is 8.02. The second-order valence-corrected chi connectivity index (χ2v) is 6.39. The topological polar surface area (TPSA) is 12.9 Å². The molecule has 0 N–H and O–H groups in total. The quantitative estimate of drug-likeness (QED) is 0.593. The maximum absolute atomic E-state index is 4.78. The highest BCUT2D eigenvalue weighted by Crippen LogP contribution is 2.47. The maximum atomic E-state index is 4.78. The summed E-state index contributed by atoms with van der Waals surface area (Å²) in [5, 5.41) is 0. The van der Waals surface area contributed by atoms with Crippen LogP contribution in [-0.2, 0) is 12.8 Å². The van der Waals surface area contributed by atoms with Crippen molar-refractivity contribution in [3.05, 3.63) is 100 Å². The molecule has 1 heterocycles. The van der Waals surface area contributed by atoms with Crippen LogP contribution in [0.15, 0.2) is 66.9 Å². The fraction of sp³-hybridized carbons (Fsp3) is 0.190. The van der Waals surface area contributed by atoms with Crippen LogP contribution in [0.4, 0.5) is 0 Å².